The van der Waals surface area contributed by atoms with Gasteiger partial charge < -0.3 is 4.74 Å². The number of rotatable bonds is 2. The van der Waals surface area contributed by atoms with Gasteiger partial charge in [0.15, 0.2) is 0 Å². The molecule has 0 aliphatic carbocycles. The Morgan fingerprint density at radius 3 is 2.84 bits per heavy atom. The Hall–Kier alpha value is -2.28. The molecule has 0 radical (unpaired) electrons. The first-order valence-corrected chi connectivity index (χ1v) is 5.46. The molecule has 0 aromatic carbocycles. The van der Waals surface area contributed by atoms with Crippen LogP contribution in [0.2, 0.25) is 5.02 Å². The van der Waals surface area contributed by atoms with E-state index >= 15 is 0 Å². The van der Waals surface area contributed by atoms with Crippen LogP contribution >= 0.6 is 11.6 Å². The van der Waals surface area contributed by atoms with Crippen LogP contribution in [-0.4, -0.2) is 28.2 Å². The van der Waals surface area contributed by atoms with Crippen molar-refractivity contribution < 1.29 is 13.9 Å². The molecule has 2 heterocycles. The zero-order valence-electron chi connectivity index (χ0n) is 9.72. The minimum Gasteiger partial charge on any atom is -0.453 e. The second-order valence-corrected chi connectivity index (χ2v) is 3.81. The molecule has 8 heteroatoms. The summed E-state index contributed by atoms with van der Waals surface area (Å²) in [7, 11) is 1.24. The SMILES string of the molecule is COC(=O)Nc1cc(-c2cnc(F)c(Cl)c2)ncn1. The molecule has 0 saturated heterocycles. The van der Waals surface area contributed by atoms with Crippen LogP contribution in [0.4, 0.5) is 15.0 Å². The van der Waals surface area contributed by atoms with Crippen molar-refractivity contribution in [2.75, 3.05) is 12.4 Å². The number of methoxy groups -OCH3 is 1. The minimum absolute atomic E-state index is 0.112. The van der Waals surface area contributed by atoms with Gasteiger partial charge in [0.2, 0.25) is 5.95 Å². The van der Waals surface area contributed by atoms with E-state index in [4.69, 9.17) is 11.6 Å². The Morgan fingerprint density at radius 1 is 1.37 bits per heavy atom. The lowest BCUT2D eigenvalue weighted by Gasteiger charge is -2.05. The van der Waals surface area contributed by atoms with Gasteiger partial charge in [-0.3, -0.25) is 5.32 Å². The van der Waals surface area contributed by atoms with E-state index < -0.39 is 12.0 Å². The molecular weight excluding hydrogens is 275 g/mol. The van der Waals surface area contributed by atoms with Crippen LogP contribution in [0.25, 0.3) is 11.3 Å². The van der Waals surface area contributed by atoms with E-state index in [1.165, 1.54) is 31.8 Å². The zero-order chi connectivity index (χ0) is 13.8. The fourth-order valence-corrected chi connectivity index (χ4v) is 1.47. The highest BCUT2D eigenvalue weighted by Crippen LogP contribution is 2.22. The summed E-state index contributed by atoms with van der Waals surface area (Å²) in [5.74, 6) is -0.510. The predicted molar refractivity (Wildman–Crippen MR) is 66.3 cm³/mol. The maximum Gasteiger partial charge on any atom is 0.412 e. The van der Waals surface area contributed by atoms with E-state index in [-0.39, 0.29) is 10.8 Å². The Morgan fingerprint density at radius 2 is 2.16 bits per heavy atom. The molecule has 0 fully saturated rings. The van der Waals surface area contributed by atoms with Gasteiger partial charge in [0.05, 0.1) is 17.8 Å². The van der Waals surface area contributed by atoms with Crippen LogP contribution in [0.5, 0.6) is 0 Å². The first kappa shape index (κ1) is 13.2. The lowest BCUT2D eigenvalue weighted by atomic mass is 10.2. The smallest absolute Gasteiger partial charge is 0.412 e. The van der Waals surface area contributed by atoms with Crippen molar-refractivity contribution >= 4 is 23.5 Å². The molecular formula is C11H8ClFN4O2. The van der Waals surface area contributed by atoms with Crippen molar-refractivity contribution in [3.63, 3.8) is 0 Å². The average molecular weight is 283 g/mol. The lowest BCUT2D eigenvalue weighted by molar-refractivity contribution is 0.187. The summed E-state index contributed by atoms with van der Waals surface area (Å²) in [6.07, 6.45) is 1.88. The quantitative estimate of drug-likeness (QED) is 0.856. The monoisotopic (exact) mass is 282 g/mol. The largest absolute Gasteiger partial charge is 0.453 e. The van der Waals surface area contributed by atoms with Crippen LogP contribution in [-0.2, 0) is 4.74 Å². The van der Waals surface area contributed by atoms with Gasteiger partial charge >= 0.3 is 6.09 Å². The van der Waals surface area contributed by atoms with Crippen molar-refractivity contribution in [3.8, 4) is 11.3 Å². The molecule has 1 amide bonds. The maximum atomic E-state index is 13.0. The zero-order valence-corrected chi connectivity index (χ0v) is 10.5. The maximum absolute atomic E-state index is 13.0. The molecule has 1 N–H and O–H groups in total. The number of hydrogen-bond donors (Lipinski definition) is 1. The van der Waals surface area contributed by atoms with Crippen molar-refractivity contribution in [1.82, 2.24) is 15.0 Å². The topological polar surface area (TPSA) is 77.0 Å². The van der Waals surface area contributed by atoms with Crippen molar-refractivity contribution in [3.05, 3.63) is 35.6 Å². The van der Waals surface area contributed by atoms with E-state index in [1.54, 1.807) is 0 Å². The number of carbonyl (C=O) groups excluding carboxylic acids is 1. The number of nitrogens with zero attached hydrogens (tertiary/aromatic N) is 3. The summed E-state index contributed by atoms with van der Waals surface area (Å²) >= 11 is 5.64. The number of anilines is 1. The fourth-order valence-electron chi connectivity index (χ4n) is 1.30. The summed E-state index contributed by atoms with van der Waals surface area (Å²) in [4.78, 5) is 22.4. The molecule has 0 bridgehead atoms. The Kier molecular flexibility index (Phi) is 3.86. The molecule has 0 aliphatic rings. The van der Waals surface area contributed by atoms with E-state index in [1.807, 2.05) is 0 Å². The number of pyridine rings is 1. The Labute approximate surface area is 112 Å². The summed E-state index contributed by atoms with van der Waals surface area (Å²) in [6.45, 7) is 0. The third-order valence-electron chi connectivity index (χ3n) is 2.17. The molecule has 6 nitrogen and oxygen atoms in total. The third-order valence-corrected chi connectivity index (χ3v) is 2.44. The van der Waals surface area contributed by atoms with Crippen LogP contribution in [0.15, 0.2) is 24.7 Å². The average Bonchev–Trinajstić information content (AvgIpc) is 2.42. The van der Waals surface area contributed by atoms with Crippen molar-refractivity contribution in [1.29, 1.82) is 0 Å². The molecule has 0 saturated carbocycles. The van der Waals surface area contributed by atoms with Crippen LogP contribution < -0.4 is 5.32 Å². The molecule has 0 unspecified atom stereocenters. The number of ether oxygens (including phenoxy) is 1. The van der Waals surface area contributed by atoms with Gasteiger partial charge in [-0.1, -0.05) is 11.6 Å². The molecule has 2 rings (SSSR count). The molecule has 2 aromatic rings. The number of carbonyl (C=O) groups is 1. The number of amides is 1. The van der Waals surface area contributed by atoms with E-state index in [9.17, 15) is 9.18 Å². The standard InChI is InChI=1S/C11H8ClFN4O2/c1-19-11(18)17-9-3-8(15-5-16-9)6-2-7(12)10(13)14-4-6/h2-5H,1H3,(H,15,16,17,18). The second kappa shape index (κ2) is 5.57. The predicted octanol–water partition coefficient (Wildman–Crippen LogP) is 2.51. The summed E-state index contributed by atoms with van der Waals surface area (Å²) in [5.41, 5.74) is 0.942. The Bertz CT molecular complexity index is 623. The Balaban J connectivity index is 2.32. The summed E-state index contributed by atoms with van der Waals surface area (Å²) < 4.78 is 17.4. The van der Waals surface area contributed by atoms with Crippen LogP contribution in [0.3, 0.4) is 0 Å². The van der Waals surface area contributed by atoms with Crippen molar-refractivity contribution in [2.24, 2.45) is 0 Å². The van der Waals surface area contributed by atoms with Gasteiger partial charge in [-0.25, -0.2) is 19.7 Å². The van der Waals surface area contributed by atoms with Crippen LogP contribution in [0, 0.1) is 5.95 Å². The number of aromatic nitrogens is 3. The highest BCUT2D eigenvalue weighted by Gasteiger charge is 2.08. The molecule has 19 heavy (non-hydrogen) atoms. The number of hydrogen-bond acceptors (Lipinski definition) is 5. The van der Waals surface area contributed by atoms with Gasteiger partial charge in [0, 0.05) is 17.8 Å². The summed E-state index contributed by atoms with van der Waals surface area (Å²) in [6, 6.07) is 2.87. The van der Waals surface area contributed by atoms with E-state index in [0.717, 1.165) is 0 Å². The summed E-state index contributed by atoms with van der Waals surface area (Å²) in [5, 5.41) is 2.28. The van der Waals surface area contributed by atoms with E-state index in [0.29, 0.717) is 11.3 Å². The van der Waals surface area contributed by atoms with Gasteiger partial charge in [-0.05, 0) is 6.07 Å². The van der Waals surface area contributed by atoms with Crippen LogP contribution in [0.1, 0.15) is 0 Å². The molecule has 98 valence electrons. The lowest BCUT2D eigenvalue weighted by Crippen LogP contribution is -2.12. The third kappa shape index (κ3) is 3.14. The van der Waals surface area contributed by atoms with Gasteiger partial charge in [-0.15, -0.1) is 0 Å². The molecule has 0 aliphatic heterocycles. The van der Waals surface area contributed by atoms with Gasteiger partial charge in [0.25, 0.3) is 0 Å². The first-order valence-electron chi connectivity index (χ1n) is 5.08. The fraction of sp³-hybridized carbons (Fsp3) is 0.0909. The molecule has 0 spiro atoms. The number of nitrogens with one attached hydrogen (secondary N) is 1. The van der Waals surface area contributed by atoms with Crippen molar-refractivity contribution in [2.45, 2.75) is 0 Å². The van der Waals surface area contributed by atoms with E-state index in [2.05, 4.69) is 25.0 Å². The highest BCUT2D eigenvalue weighted by atomic mass is 35.5. The molecule has 2 aromatic heterocycles. The first-order chi connectivity index (χ1) is 9.10. The normalized spacial score (nSPS) is 10.1. The highest BCUT2D eigenvalue weighted by molar-refractivity contribution is 6.30. The molecule has 0 atom stereocenters. The number of halogens is 2. The van der Waals surface area contributed by atoms with Gasteiger partial charge in [-0.2, -0.15) is 4.39 Å². The van der Waals surface area contributed by atoms with Gasteiger partial charge in [0.1, 0.15) is 12.1 Å². The minimum atomic E-state index is -0.757. The second-order valence-electron chi connectivity index (χ2n) is 3.40.